The second-order valence-electron chi connectivity index (χ2n) is 8.06. The van der Waals surface area contributed by atoms with E-state index in [-0.39, 0.29) is 30.4 Å². The van der Waals surface area contributed by atoms with Crippen LogP contribution in [0.25, 0.3) is 0 Å². The smallest absolute Gasteiger partial charge is 0.329 e. The minimum Gasteiger partial charge on any atom is -0.497 e. The van der Waals surface area contributed by atoms with Gasteiger partial charge in [-0.15, -0.1) is 0 Å². The fourth-order valence-electron chi connectivity index (χ4n) is 3.36. The summed E-state index contributed by atoms with van der Waals surface area (Å²) in [7, 11) is 1.55. The first kappa shape index (κ1) is 22.7. The maximum absolute atomic E-state index is 12.5. The number of carbonyl (C=O) groups is 3. The number of carbonyl (C=O) groups excluding carboxylic acids is 3. The molecule has 1 aromatic rings. The average molecular weight is 405 g/mol. The van der Waals surface area contributed by atoms with Crippen molar-refractivity contribution in [2.75, 3.05) is 13.7 Å². The minimum absolute atomic E-state index is 0.146. The van der Waals surface area contributed by atoms with Crippen molar-refractivity contribution < 1.29 is 23.9 Å². The Bertz CT molecular complexity index is 694. The number of benzene rings is 1. The molecule has 1 fully saturated rings. The monoisotopic (exact) mass is 404 g/mol. The molecule has 0 saturated heterocycles. The van der Waals surface area contributed by atoms with Gasteiger partial charge in [0.25, 0.3) is 11.8 Å². The summed E-state index contributed by atoms with van der Waals surface area (Å²) in [6, 6.07) is 5.90. The summed E-state index contributed by atoms with van der Waals surface area (Å²) < 4.78 is 10.3. The number of nitrogens with one attached hydrogen (secondary N) is 2. The summed E-state index contributed by atoms with van der Waals surface area (Å²) in [5.74, 6) is -0.158. The number of hydrogen-bond donors (Lipinski definition) is 2. The van der Waals surface area contributed by atoms with E-state index in [1.54, 1.807) is 31.4 Å². The van der Waals surface area contributed by atoms with Gasteiger partial charge < -0.3 is 20.1 Å². The highest BCUT2D eigenvalue weighted by Gasteiger charge is 2.27. The Kier molecular flexibility index (Phi) is 8.49. The third-order valence-corrected chi connectivity index (χ3v) is 5.29. The first-order valence-electron chi connectivity index (χ1n) is 10.2. The summed E-state index contributed by atoms with van der Waals surface area (Å²) in [4.78, 5) is 37.0. The molecule has 29 heavy (non-hydrogen) atoms. The Balaban J connectivity index is 1.84. The van der Waals surface area contributed by atoms with Gasteiger partial charge in [0, 0.05) is 11.6 Å². The van der Waals surface area contributed by atoms with Gasteiger partial charge in [-0.2, -0.15) is 0 Å². The molecule has 0 aromatic heterocycles. The van der Waals surface area contributed by atoms with E-state index in [2.05, 4.69) is 17.6 Å². The third-order valence-electron chi connectivity index (χ3n) is 5.29. The van der Waals surface area contributed by atoms with E-state index >= 15 is 0 Å². The zero-order valence-corrected chi connectivity index (χ0v) is 17.7. The Hall–Kier alpha value is -2.57. The minimum atomic E-state index is -0.840. The van der Waals surface area contributed by atoms with Gasteiger partial charge in [0.05, 0.1) is 7.11 Å². The van der Waals surface area contributed by atoms with E-state index in [0.717, 1.165) is 25.7 Å². The molecular formula is C22H32N2O5. The zero-order valence-electron chi connectivity index (χ0n) is 17.7. The molecule has 0 aliphatic heterocycles. The van der Waals surface area contributed by atoms with Crippen molar-refractivity contribution in [2.45, 2.75) is 58.5 Å². The maximum atomic E-state index is 12.5. The van der Waals surface area contributed by atoms with Crippen LogP contribution in [0.5, 0.6) is 5.75 Å². The molecule has 1 aliphatic carbocycles. The van der Waals surface area contributed by atoms with Gasteiger partial charge >= 0.3 is 5.97 Å². The topological polar surface area (TPSA) is 93.7 Å². The molecule has 1 saturated carbocycles. The average Bonchev–Trinajstić information content (AvgIpc) is 2.71. The molecule has 0 unspecified atom stereocenters. The first-order chi connectivity index (χ1) is 13.8. The molecule has 2 rings (SSSR count). The molecule has 7 heteroatoms. The summed E-state index contributed by atoms with van der Waals surface area (Å²) >= 11 is 0. The summed E-state index contributed by atoms with van der Waals surface area (Å²) in [6.07, 6.45) is 4.09. The van der Waals surface area contributed by atoms with Crippen LogP contribution in [0.4, 0.5) is 0 Å². The van der Waals surface area contributed by atoms with Gasteiger partial charge in [0.2, 0.25) is 0 Å². The standard InChI is InChI=1S/C22H32N2O5/c1-14(2)20(24-21(26)16-7-11-18(28-4)12-8-16)22(27)29-13-19(25)23-17-9-5-15(3)6-10-17/h7-8,11-12,14-15,17,20H,5-6,9-10,13H2,1-4H3,(H,23,25)(H,24,26)/t15?,17?,20-/m0/s1. The van der Waals surface area contributed by atoms with Gasteiger partial charge in [0.1, 0.15) is 11.8 Å². The molecule has 0 radical (unpaired) electrons. The number of hydrogen-bond acceptors (Lipinski definition) is 5. The Labute approximate surface area is 172 Å². The van der Waals surface area contributed by atoms with Crippen LogP contribution in [0.3, 0.4) is 0 Å². The lowest BCUT2D eigenvalue weighted by Crippen LogP contribution is -2.46. The highest BCUT2D eigenvalue weighted by Crippen LogP contribution is 2.23. The van der Waals surface area contributed by atoms with E-state index in [1.165, 1.54) is 0 Å². The maximum Gasteiger partial charge on any atom is 0.329 e. The molecule has 2 amide bonds. The predicted molar refractivity (Wildman–Crippen MR) is 110 cm³/mol. The summed E-state index contributed by atoms with van der Waals surface area (Å²) in [5.41, 5.74) is 0.411. The van der Waals surface area contributed by atoms with Gasteiger partial charge in [0.15, 0.2) is 6.61 Å². The number of esters is 1. The largest absolute Gasteiger partial charge is 0.497 e. The van der Waals surface area contributed by atoms with Gasteiger partial charge in [-0.3, -0.25) is 9.59 Å². The van der Waals surface area contributed by atoms with Gasteiger partial charge in [-0.1, -0.05) is 20.8 Å². The summed E-state index contributed by atoms with van der Waals surface area (Å²) in [6.45, 7) is 5.49. The first-order valence-corrected chi connectivity index (χ1v) is 10.2. The molecule has 7 nitrogen and oxygen atoms in total. The van der Waals surface area contributed by atoms with Crippen LogP contribution in [0.15, 0.2) is 24.3 Å². The highest BCUT2D eigenvalue weighted by molar-refractivity contribution is 5.97. The van der Waals surface area contributed by atoms with Crippen molar-refractivity contribution in [1.82, 2.24) is 10.6 Å². The van der Waals surface area contributed by atoms with E-state index < -0.39 is 12.0 Å². The Morgan fingerprint density at radius 1 is 1.07 bits per heavy atom. The molecule has 0 bridgehead atoms. The fourth-order valence-corrected chi connectivity index (χ4v) is 3.36. The van der Waals surface area contributed by atoms with E-state index in [9.17, 15) is 14.4 Å². The fraction of sp³-hybridized carbons (Fsp3) is 0.591. The van der Waals surface area contributed by atoms with Crippen molar-refractivity contribution >= 4 is 17.8 Å². The number of amides is 2. The Morgan fingerprint density at radius 3 is 2.24 bits per heavy atom. The zero-order chi connectivity index (χ0) is 21.4. The van der Waals surface area contributed by atoms with Gasteiger partial charge in [-0.25, -0.2) is 4.79 Å². The van der Waals surface area contributed by atoms with Crippen LogP contribution in [0.1, 0.15) is 56.8 Å². The number of methoxy groups -OCH3 is 1. The van der Waals surface area contributed by atoms with Crippen molar-refractivity contribution in [2.24, 2.45) is 11.8 Å². The molecule has 1 aliphatic rings. The van der Waals surface area contributed by atoms with Crippen LogP contribution in [0, 0.1) is 11.8 Å². The van der Waals surface area contributed by atoms with Crippen molar-refractivity contribution in [3.63, 3.8) is 0 Å². The van der Waals surface area contributed by atoms with Crippen molar-refractivity contribution in [3.05, 3.63) is 29.8 Å². The van der Waals surface area contributed by atoms with Crippen molar-refractivity contribution in [1.29, 1.82) is 0 Å². The van der Waals surface area contributed by atoms with Crippen LogP contribution >= 0.6 is 0 Å². The molecule has 1 aromatic carbocycles. The molecule has 2 N–H and O–H groups in total. The van der Waals surface area contributed by atoms with E-state index in [0.29, 0.717) is 17.2 Å². The second-order valence-corrected chi connectivity index (χ2v) is 8.06. The SMILES string of the molecule is COc1ccc(C(=O)N[C@H](C(=O)OCC(=O)NC2CCC(C)CC2)C(C)C)cc1. The highest BCUT2D eigenvalue weighted by atomic mass is 16.5. The summed E-state index contributed by atoms with van der Waals surface area (Å²) in [5, 5.41) is 5.62. The van der Waals surface area contributed by atoms with Crippen LogP contribution in [-0.4, -0.2) is 43.6 Å². The molecule has 0 heterocycles. The third kappa shape index (κ3) is 7.07. The van der Waals surface area contributed by atoms with Crippen LogP contribution < -0.4 is 15.4 Å². The van der Waals surface area contributed by atoms with Crippen LogP contribution in [-0.2, 0) is 14.3 Å². The van der Waals surface area contributed by atoms with Crippen LogP contribution in [0.2, 0.25) is 0 Å². The lowest BCUT2D eigenvalue weighted by atomic mass is 9.87. The van der Waals surface area contributed by atoms with E-state index in [4.69, 9.17) is 9.47 Å². The lowest BCUT2D eigenvalue weighted by Gasteiger charge is -2.27. The van der Waals surface area contributed by atoms with E-state index in [1.807, 2.05) is 13.8 Å². The molecule has 160 valence electrons. The quantitative estimate of drug-likeness (QED) is 0.650. The normalized spacial score (nSPS) is 19.9. The number of ether oxygens (including phenoxy) is 2. The van der Waals surface area contributed by atoms with Gasteiger partial charge in [-0.05, 0) is 61.8 Å². The molecular weight excluding hydrogens is 372 g/mol. The second kappa shape index (κ2) is 10.8. The lowest BCUT2D eigenvalue weighted by molar-refractivity contribution is -0.151. The predicted octanol–water partition coefficient (Wildman–Crippen LogP) is 2.69. The van der Waals surface area contributed by atoms with Crippen molar-refractivity contribution in [3.8, 4) is 5.75 Å². The molecule has 1 atom stereocenters. The molecule has 0 spiro atoms. The number of rotatable bonds is 8. The Morgan fingerprint density at radius 2 is 1.69 bits per heavy atom.